The van der Waals surface area contributed by atoms with E-state index in [4.69, 9.17) is 4.74 Å². The molecular weight excluding hydrogens is 561 g/mol. The first-order valence-electron chi connectivity index (χ1n) is 15.5. The van der Waals surface area contributed by atoms with Crippen LogP contribution in [0.4, 0.5) is 0 Å². The van der Waals surface area contributed by atoms with Crippen molar-refractivity contribution in [2.45, 2.75) is 0 Å². The van der Waals surface area contributed by atoms with Gasteiger partial charge in [-0.3, -0.25) is 0 Å². The van der Waals surface area contributed by atoms with Crippen molar-refractivity contribution in [1.29, 1.82) is 0 Å². The zero-order valence-corrected chi connectivity index (χ0v) is 24.9. The van der Waals surface area contributed by atoms with Gasteiger partial charge in [0.2, 0.25) is 7.28 Å². The minimum absolute atomic E-state index is 0.226. The van der Waals surface area contributed by atoms with Crippen molar-refractivity contribution in [3.05, 3.63) is 158 Å². The quantitative estimate of drug-likeness (QED) is 0.208. The topological polar surface area (TPSA) is 34.4 Å². The fraction of sp³-hybridized carbons (Fsp3) is 0. The molecule has 4 heteroatoms. The van der Waals surface area contributed by atoms with Crippen molar-refractivity contribution < 1.29 is 9.84 Å². The van der Waals surface area contributed by atoms with Crippen molar-refractivity contribution in [1.82, 2.24) is 4.57 Å². The highest BCUT2D eigenvalue weighted by Crippen LogP contribution is 2.40. The molecule has 1 aromatic heterocycles. The summed E-state index contributed by atoms with van der Waals surface area (Å²) in [5.41, 5.74) is 11.4. The van der Waals surface area contributed by atoms with Crippen LogP contribution in [0.2, 0.25) is 0 Å². The Labute approximate surface area is 267 Å². The van der Waals surface area contributed by atoms with Gasteiger partial charge < -0.3 is 14.4 Å². The van der Waals surface area contributed by atoms with Gasteiger partial charge in [-0.1, -0.05) is 115 Å². The third-order valence-corrected chi connectivity index (χ3v) is 9.03. The average Bonchev–Trinajstić information content (AvgIpc) is 3.45. The second-order valence-corrected chi connectivity index (χ2v) is 11.7. The van der Waals surface area contributed by atoms with Crippen LogP contribution >= 0.6 is 0 Å². The second-order valence-electron chi connectivity index (χ2n) is 11.7. The van der Waals surface area contributed by atoms with Gasteiger partial charge in [0.05, 0.1) is 16.7 Å². The van der Waals surface area contributed by atoms with Crippen LogP contribution in [0.1, 0.15) is 0 Å². The van der Waals surface area contributed by atoms with Crippen molar-refractivity contribution in [2.75, 3.05) is 0 Å². The summed E-state index contributed by atoms with van der Waals surface area (Å²) in [6, 6.07) is 54.2. The Morgan fingerprint density at radius 2 is 1.15 bits per heavy atom. The van der Waals surface area contributed by atoms with Crippen molar-refractivity contribution >= 4 is 40.0 Å². The summed E-state index contributed by atoms with van der Waals surface area (Å²) in [6.45, 7) is 0. The molecule has 8 aromatic rings. The van der Waals surface area contributed by atoms with E-state index in [9.17, 15) is 5.11 Å². The number of aromatic nitrogens is 1. The summed E-state index contributed by atoms with van der Waals surface area (Å²) in [5.74, 6) is 1.82. The molecule has 0 aliphatic carbocycles. The summed E-state index contributed by atoms with van der Waals surface area (Å²) in [4.78, 5) is 0. The molecule has 215 valence electrons. The van der Waals surface area contributed by atoms with Crippen LogP contribution in [0, 0.1) is 0 Å². The van der Waals surface area contributed by atoms with Gasteiger partial charge in [-0.25, -0.2) is 0 Å². The lowest BCUT2D eigenvalue weighted by Gasteiger charge is -2.23. The molecule has 0 saturated carbocycles. The fourth-order valence-corrected chi connectivity index (χ4v) is 6.87. The molecular formula is C42H27BNO2. The van der Waals surface area contributed by atoms with Gasteiger partial charge in [0.25, 0.3) is 0 Å². The molecule has 2 heterocycles. The molecule has 0 saturated heterocycles. The SMILES string of the molecule is Oc1ccc(-c2ccccc2-n2c3ccccc3c3ccccc32)cc1-c1cccc2c1[B]c1cc(-c3ccccc3)ccc1O2. The molecule has 0 fully saturated rings. The number of fused-ring (bicyclic) bond motifs is 5. The summed E-state index contributed by atoms with van der Waals surface area (Å²) < 4.78 is 8.77. The monoisotopic (exact) mass is 588 g/mol. The van der Waals surface area contributed by atoms with Gasteiger partial charge >= 0.3 is 0 Å². The highest BCUT2D eigenvalue weighted by atomic mass is 16.5. The molecule has 1 radical (unpaired) electrons. The third-order valence-electron chi connectivity index (χ3n) is 9.03. The van der Waals surface area contributed by atoms with Gasteiger partial charge in [0.15, 0.2) is 0 Å². The van der Waals surface area contributed by atoms with E-state index in [0.29, 0.717) is 0 Å². The van der Waals surface area contributed by atoms with Crippen LogP contribution in [0.5, 0.6) is 17.2 Å². The molecule has 0 spiro atoms. The van der Waals surface area contributed by atoms with Crippen molar-refractivity contribution in [3.63, 3.8) is 0 Å². The zero-order valence-electron chi connectivity index (χ0n) is 24.9. The van der Waals surface area contributed by atoms with Gasteiger partial charge in [-0.05, 0) is 75.6 Å². The van der Waals surface area contributed by atoms with Gasteiger partial charge in [0.1, 0.15) is 17.2 Å². The lowest BCUT2D eigenvalue weighted by atomic mass is 9.59. The molecule has 0 amide bonds. The number of phenols is 1. The molecule has 0 bridgehead atoms. The Bertz CT molecular complexity index is 2390. The third kappa shape index (κ3) is 4.22. The molecule has 0 unspecified atom stereocenters. The van der Waals surface area contributed by atoms with Crippen LogP contribution in [0.25, 0.3) is 60.9 Å². The van der Waals surface area contributed by atoms with E-state index < -0.39 is 0 Å². The lowest BCUT2D eigenvalue weighted by molar-refractivity contribution is 0.477. The minimum Gasteiger partial charge on any atom is -0.507 e. The summed E-state index contributed by atoms with van der Waals surface area (Å²) in [7, 11) is 2.17. The summed E-state index contributed by atoms with van der Waals surface area (Å²) in [6.07, 6.45) is 0. The van der Waals surface area contributed by atoms with Crippen LogP contribution in [0.3, 0.4) is 0 Å². The van der Waals surface area contributed by atoms with E-state index in [-0.39, 0.29) is 5.75 Å². The van der Waals surface area contributed by atoms with E-state index in [1.165, 1.54) is 10.8 Å². The largest absolute Gasteiger partial charge is 0.507 e. The number of phenolic OH excluding ortho intramolecular Hbond substituents is 1. The predicted octanol–water partition coefficient (Wildman–Crippen LogP) is 9.25. The first kappa shape index (κ1) is 26.4. The molecule has 1 aliphatic rings. The molecule has 0 atom stereocenters. The summed E-state index contributed by atoms with van der Waals surface area (Å²) in [5, 5.41) is 13.7. The smallest absolute Gasteiger partial charge is 0.202 e. The first-order valence-corrected chi connectivity index (χ1v) is 15.5. The molecule has 3 nitrogen and oxygen atoms in total. The van der Waals surface area contributed by atoms with Gasteiger partial charge in [-0.15, -0.1) is 0 Å². The van der Waals surface area contributed by atoms with Crippen LogP contribution in [0.15, 0.2) is 158 Å². The number of hydrogen-bond acceptors (Lipinski definition) is 2. The minimum atomic E-state index is 0.226. The highest BCUT2D eigenvalue weighted by Gasteiger charge is 2.24. The van der Waals surface area contributed by atoms with Crippen LogP contribution in [-0.2, 0) is 0 Å². The number of aromatic hydroxyl groups is 1. The Morgan fingerprint density at radius 1 is 0.478 bits per heavy atom. The average molecular weight is 588 g/mol. The predicted molar refractivity (Wildman–Crippen MR) is 190 cm³/mol. The second kappa shape index (κ2) is 10.6. The van der Waals surface area contributed by atoms with E-state index in [1.54, 1.807) is 6.07 Å². The van der Waals surface area contributed by atoms with Crippen LogP contribution in [-0.4, -0.2) is 17.0 Å². The zero-order chi connectivity index (χ0) is 30.6. The highest BCUT2D eigenvalue weighted by molar-refractivity contribution is 6.71. The normalized spacial score (nSPS) is 11.9. The number of benzene rings is 7. The van der Waals surface area contributed by atoms with Gasteiger partial charge in [0, 0.05) is 21.9 Å². The number of ether oxygens (including phenoxy) is 1. The summed E-state index contributed by atoms with van der Waals surface area (Å²) >= 11 is 0. The number of nitrogens with zero attached hydrogens (tertiary/aromatic N) is 1. The maximum Gasteiger partial charge on any atom is 0.202 e. The van der Waals surface area contributed by atoms with Crippen molar-refractivity contribution in [2.24, 2.45) is 0 Å². The molecule has 46 heavy (non-hydrogen) atoms. The molecule has 1 N–H and O–H groups in total. The van der Waals surface area contributed by atoms with Gasteiger partial charge in [-0.2, -0.15) is 0 Å². The molecule has 1 aliphatic heterocycles. The number of para-hydroxylation sites is 3. The van der Waals surface area contributed by atoms with Crippen LogP contribution < -0.4 is 15.7 Å². The van der Waals surface area contributed by atoms with Crippen molar-refractivity contribution in [3.8, 4) is 56.3 Å². The first-order chi connectivity index (χ1) is 22.7. The maximum absolute atomic E-state index is 11.3. The van der Waals surface area contributed by atoms with E-state index in [0.717, 1.165) is 72.5 Å². The Kier molecular flexibility index (Phi) is 6.07. The Morgan fingerprint density at radius 3 is 1.96 bits per heavy atom. The van der Waals surface area contributed by atoms with E-state index in [1.807, 2.05) is 30.3 Å². The number of hydrogen-bond donors (Lipinski definition) is 1. The fourth-order valence-electron chi connectivity index (χ4n) is 6.87. The Balaban J connectivity index is 1.17. The maximum atomic E-state index is 11.3. The van der Waals surface area contributed by atoms with E-state index >= 15 is 0 Å². The molecule has 9 rings (SSSR count). The Hall–Kier alpha value is -6.00. The lowest BCUT2D eigenvalue weighted by Crippen LogP contribution is -2.35. The standard InChI is InChI=1S/C42H27BNO2/c45-39-23-21-29(30-13-4-7-17-36(30)44-37-18-8-5-14-31(37)32-15-6-9-19-38(32)44)25-34(39)33-16-10-20-41-42(33)43-35-26-28(22-24-40(35)46-41)27-11-2-1-3-12-27/h1-26,45H. The number of rotatable bonds is 4. The van der Waals surface area contributed by atoms with E-state index in [2.05, 4.69) is 133 Å². The molecule has 7 aromatic carbocycles.